The minimum Gasteiger partial charge on any atom is -0.488 e. The Bertz CT molecular complexity index is 690. The molecule has 102 valence electrons. The number of anilines is 1. The highest BCUT2D eigenvalue weighted by Gasteiger charge is 2.08. The van der Waals surface area contributed by atoms with Crippen LogP contribution >= 0.6 is 0 Å². The third-order valence-electron chi connectivity index (χ3n) is 3.18. The molecular formula is C16H15FN2O. The Morgan fingerprint density at radius 2 is 2.00 bits per heavy atom. The van der Waals surface area contributed by atoms with Gasteiger partial charge in [-0.2, -0.15) is 5.26 Å². The van der Waals surface area contributed by atoms with Crippen molar-refractivity contribution in [1.82, 2.24) is 0 Å². The van der Waals surface area contributed by atoms with Crippen LogP contribution in [0.15, 0.2) is 30.3 Å². The number of nitriles is 1. The molecule has 0 fully saturated rings. The van der Waals surface area contributed by atoms with E-state index in [1.807, 2.05) is 32.0 Å². The summed E-state index contributed by atoms with van der Waals surface area (Å²) < 4.78 is 19.0. The molecule has 4 heteroatoms. The van der Waals surface area contributed by atoms with Gasteiger partial charge in [-0.3, -0.25) is 0 Å². The molecule has 2 N–H and O–H groups in total. The molecule has 3 nitrogen and oxygen atoms in total. The number of benzene rings is 2. The van der Waals surface area contributed by atoms with Crippen LogP contribution in [-0.2, 0) is 6.61 Å². The monoisotopic (exact) mass is 270 g/mol. The molecule has 2 rings (SSSR count). The lowest BCUT2D eigenvalue weighted by atomic mass is 10.1. The fourth-order valence-electron chi connectivity index (χ4n) is 1.97. The maximum atomic E-state index is 13.2. The van der Waals surface area contributed by atoms with Gasteiger partial charge in [-0.25, -0.2) is 4.39 Å². The van der Waals surface area contributed by atoms with Crippen LogP contribution in [0.3, 0.4) is 0 Å². The number of hydrogen-bond donors (Lipinski definition) is 1. The van der Waals surface area contributed by atoms with Gasteiger partial charge in [0.25, 0.3) is 0 Å². The van der Waals surface area contributed by atoms with E-state index < -0.39 is 5.82 Å². The second kappa shape index (κ2) is 5.62. The van der Waals surface area contributed by atoms with Crippen molar-refractivity contribution in [3.63, 3.8) is 0 Å². The predicted molar refractivity (Wildman–Crippen MR) is 75.8 cm³/mol. The van der Waals surface area contributed by atoms with E-state index >= 15 is 0 Å². The first-order valence-corrected chi connectivity index (χ1v) is 6.20. The molecule has 0 spiro atoms. The summed E-state index contributed by atoms with van der Waals surface area (Å²) in [5.41, 5.74) is 9.15. The molecule has 0 radical (unpaired) electrons. The molecule has 2 aromatic carbocycles. The maximum Gasteiger partial charge on any atom is 0.140 e. The van der Waals surface area contributed by atoms with Crippen molar-refractivity contribution < 1.29 is 9.13 Å². The van der Waals surface area contributed by atoms with Crippen molar-refractivity contribution in [2.75, 3.05) is 5.73 Å². The summed E-state index contributed by atoms with van der Waals surface area (Å²) in [5.74, 6) is 0.209. The summed E-state index contributed by atoms with van der Waals surface area (Å²) in [4.78, 5) is 0. The van der Waals surface area contributed by atoms with Crippen molar-refractivity contribution in [3.05, 3.63) is 58.4 Å². The average molecular weight is 270 g/mol. The SMILES string of the molecule is Cc1ccc(N)c(C)c1OCc1ccc(F)c(C#N)c1. The lowest BCUT2D eigenvalue weighted by molar-refractivity contribution is 0.302. The molecule has 0 aliphatic rings. The van der Waals surface area contributed by atoms with Crippen LogP contribution in [0.5, 0.6) is 5.75 Å². The van der Waals surface area contributed by atoms with Crippen molar-refractivity contribution in [1.29, 1.82) is 5.26 Å². The highest BCUT2D eigenvalue weighted by molar-refractivity contribution is 5.56. The third-order valence-corrected chi connectivity index (χ3v) is 3.18. The second-order valence-electron chi connectivity index (χ2n) is 4.64. The van der Waals surface area contributed by atoms with E-state index in [-0.39, 0.29) is 12.2 Å². The lowest BCUT2D eigenvalue weighted by Crippen LogP contribution is -2.02. The van der Waals surface area contributed by atoms with Crippen LogP contribution in [0.1, 0.15) is 22.3 Å². The Hall–Kier alpha value is -2.54. The summed E-state index contributed by atoms with van der Waals surface area (Å²) in [6, 6.07) is 9.91. The highest BCUT2D eigenvalue weighted by Crippen LogP contribution is 2.28. The number of nitrogens with zero attached hydrogens (tertiary/aromatic N) is 1. The van der Waals surface area contributed by atoms with E-state index in [0.717, 1.165) is 22.4 Å². The number of nitrogen functional groups attached to an aromatic ring is 1. The fourth-order valence-corrected chi connectivity index (χ4v) is 1.97. The van der Waals surface area contributed by atoms with Crippen LogP contribution in [0.2, 0.25) is 0 Å². The first-order chi connectivity index (χ1) is 9.52. The van der Waals surface area contributed by atoms with Gasteiger partial charge >= 0.3 is 0 Å². The van der Waals surface area contributed by atoms with Crippen molar-refractivity contribution in [2.24, 2.45) is 0 Å². The maximum absolute atomic E-state index is 13.2. The van der Waals surface area contributed by atoms with Crippen molar-refractivity contribution >= 4 is 5.69 Å². The van der Waals surface area contributed by atoms with Gasteiger partial charge in [0.15, 0.2) is 0 Å². The van der Waals surface area contributed by atoms with Crippen LogP contribution in [0, 0.1) is 31.0 Å². The summed E-state index contributed by atoms with van der Waals surface area (Å²) >= 11 is 0. The van der Waals surface area contributed by atoms with Gasteiger partial charge in [-0.15, -0.1) is 0 Å². The van der Waals surface area contributed by atoms with E-state index in [9.17, 15) is 4.39 Å². The Morgan fingerprint density at radius 3 is 2.70 bits per heavy atom. The standard InChI is InChI=1S/C16H15FN2O/c1-10-3-6-15(19)11(2)16(10)20-9-12-4-5-14(17)13(7-12)8-18/h3-7H,9,19H2,1-2H3. The molecule has 0 unspecified atom stereocenters. The molecule has 0 heterocycles. The highest BCUT2D eigenvalue weighted by atomic mass is 19.1. The number of hydrogen-bond acceptors (Lipinski definition) is 3. The Balaban J connectivity index is 2.22. The number of rotatable bonds is 3. The normalized spacial score (nSPS) is 10.1. The van der Waals surface area contributed by atoms with Crippen LogP contribution < -0.4 is 10.5 Å². The molecule has 0 saturated heterocycles. The summed E-state index contributed by atoms with van der Waals surface area (Å²) in [6.45, 7) is 4.09. The quantitative estimate of drug-likeness (QED) is 0.869. The van der Waals surface area contributed by atoms with Gasteiger partial charge in [-0.05, 0) is 43.2 Å². The number of ether oxygens (including phenoxy) is 1. The lowest BCUT2D eigenvalue weighted by Gasteiger charge is -2.14. The smallest absolute Gasteiger partial charge is 0.140 e. The van der Waals surface area contributed by atoms with E-state index in [1.165, 1.54) is 12.1 Å². The number of aryl methyl sites for hydroxylation is 1. The molecule has 20 heavy (non-hydrogen) atoms. The molecular weight excluding hydrogens is 255 g/mol. The molecule has 0 atom stereocenters. The van der Waals surface area contributed by atoms with Gasteiger partial charge in [0.05, 0.1) is 5.56 Å². The zero-order valence-electron chi connectivity index (χ0n) is 11.4. The molecule has 0 amide bonds. The predicted octanol–water partition coefficient (Wildman–Crippen LogP) is 3.48. The third kappa shape index (κ3) is 2.72. The first kappa shape index (κ1) is 13.9. The second-order valence-corrected chi connectivity index (χ2v) is 4.64. The van der Waals surface area contributed by atoms with Gasteiger partial charge in [0, 0.05) is 11.3 Å². The minimum atomic E-state index is -0.521. The van der Waals surface area contributed by atoms with E-state index in [4.69, 9.17) is 15.7 Å². The fraction of sp³-hybridized carbons (Fsp3) is 0.188. The molecule has 2 aromatic rings. The number of halogens is 1. The Kier molecular flexibility index (Phi) is 3.90. The van der Waals surface area contributed by atoms with Gasteiger partial charge in [0.1, 0.15) is 24.2 Å². The van der Waals surface area contributed by atoms with E-state index in [2.05, 4.69) is 0 Å². The molecule has 0 aromatic heterocycles. The largest absolute Gasteiger partial charge is 0.488 e. The Morgan fingerprint density at radius 1 is 1.25 bits per heavy atom. The summed E-state index contributed by atoms with van der Waals surface area (Å²) in [7, 11) is 0. The first-order valence-electron chi connectivity index (χ1n) is 6.20. The van der Waals surface area contributed by atoms with E-state index in [0.29, 0.717) is 5.69 Å². The topological polar surface area (TPSA) is 59.0 Å². The zero-order valence-corrected chi connectivity index (χ0v) is 11.4. The molecule has 0 bridgehead atoms. The Labute approximate surface area is 117 Å². The number of nitrogens with two attached hydrogens (primary N) is 1. The van der Waals surface area contributed by atoms with E-state index in [1.54, 1.807) is 6.07 Å². The average Bonchev–Trinajstić information content (AvgIpc) is 2.44. The molecule has 0 aliphatic heterocycles. The van der Waals surface area contributed by atoms with Gasteiger partial charge in [0.2, 0.25) is 0 Å². The van der Waals surface area contributed by atoms with Crippen LogP contribution in [0.25, 0.3) is 0 Å². The van der Waals surface area contributed by atoms with Crippen LogP contribution in [-0.4, -0.2) is 0 Å². The summed E-state index contributed by atoms with van der Waals surface area (Å²) in [5, 5.41) is 8.81. The minimum absolute atomic E-state index is 0.0205. The van der Waals surface area contributed by atoms with Gasteiger partial charge in [-0.1, -0.05) is 12.1 Å². The summed E-state index contributed by atoms with van der Waals surface area (Å²) in [6.07, 6.45) is 0. The van der Waals surface area contributed by atoms with Crippen molar-refractivity contribution in [2.45, 2.75) is 20.5 Å². The zero-order chi connectivity index (χ0) is 14.7. The molecule has 0 saturated carbocycles. The van der Waals surface area contributed by atoms with Crippen molar-refractivity contribution in [3.8, 4) is 11.8 Å². The van der Waals surface area contributed by atoms with Crippen LogP contribution in [0.4, 0.5) is 10.1 Å². The molecule has 0 aliphatic carbocycles. The van der Waals surface area contributed by atoms with Gasteiger partial charge < -0.3 is 10.5 Å².